The number of pyridine rings is 1. The van der Waals surface area contributed by atoms with Gasteiger partial charge >= 0.3 is 0 Å². The van der Waals surface area contributed by atoms with Crippen LogP contribution in [0.3, 0.4) is 0 Å². The quantitative estimate of drug-likeness (QED) is 0.689. The van der Waals surface area contributed by atoms with Crippen LogP contribution in [0.4, 0.5) is 8.78 Å². The van der Waals surface area contributed by atoms with Crippen LogP contribution >= 0.6 is 11.6 Å². The Bertz CT molecular complexity index is 814. The molecule has 6 heteroatoms. The predicted molar refractivity (Wildman–Crippen MR) is 77.9 cm³/mol. The highest BCUT2D eigenvalue weighted by Crippen LogP contribution is 2.23. The van der Waals surface area contributed by atoms with Crippen LogP contribution in [-0.2, 0) is 6.42 Å². The fraction of sp³-hybridized carbons (Fsp3) is 0.200. The number of hydrogen-bond donors (Lipinski definition) is 0. The van der Waals surface area contributed by atoms with E-state index in [9.17, 15) is 8.78 Å². The van der Waals surface area contributed by atoms with E-state index in [1.807, 2.05) is 13.0 Å². The number of halogens is 3. The van der Waals surface area contributed by atoms with Crippen molar-refractivity contribution in [3.8, 4) is 5.69 Å². The van der Waals surface area contributed by atoms with E-state index in [1.165, 1.54) is 6.07 Å². The minimum atomic E-state index is -0.904. The first-order valence-electron chi connectivity index (χ1n) is 6.46. The van der Waals surface area contributed by atoms with Gasteiger partial charge in [0.15, 0.2) is 17.3 Å². The average molecular weight is 308 g/mol. The first kappa shape index (κ1) is 13.9. The van der Waals surface area contributed by atoms with E-state index in [2.05, 4.69) is 9.97 Å². The van der Waals surface area contributed by atoms with E-state index in [0.29, 0.717) is 29.5 Å². The Kier molecular flexibility index (Phi) is 3.59. The van der Waals surface area contributed by atoms with Gasteiger partial charge in [0.2, 0.25) is 0 Å². The zero-order valence-corrected chi connectivity index (χ0v) is 12.0. The molecule has 0 aliphatic carbocycles. The maximum absolute atomic E-state index is 13.5. The largest absolute Gasteiger partial charge is 0.281 e. The Balaban J connectivity index is 2.30. The van der Waals surface area contributed by atoms with Crippen molar-refractivity contribution in [3.05, 3.63) is 53.5 Å². The maximum atomic E-state index is 13.5. The summed E-state index contributed by atoms with van der Waals surface area (Å²) >= 11 is 5.81. The summed E-state index contributed by atoms with van der Waals surface area (Å²) in [6.07, 6.45) is 2.18. The van der Waals surface area contributed by atoms with Crippen molar-refractivity contribution in [1.82, 2.24) is 14.5 Å². The number of alkyl halides is 1. The second kappa shape index (κ2) is 5.41. The number of hydrogen-bond acceptors (Lipinski definition) is 2. The number of fused-ring (bicyclic) bond motifs is 1. The van der Waals surface area contributed by atoms with Crippen LogP contribution in [0.5, 0.6) is 0 Å². The highest BCUT2D eigenvalue weighted by atomic mass is 35.5. The molecule has 21 heavy (non-hydrogen) atoms. The third kappa shape index (κ3) is 2.38. The molecule has 0 radical (unpaired) electrons. The van der Waals surface area contributed by atoms with E-state index >= 15 is 0 Å². The van der Waals surface area contributed by atoms with Crippen molar-refractivity contribution in [2.24, 2.45) is 0 Å². The number of aryl methyl sites for hydroxylation is 2. The molecule has 0 N–H and O–H groups in total. The summed E-state index contributed by atoms with van der Waals surface area (Å²) in [6, 6.07) is 5.59. The first-order chi connectivity index (χ1) is 10.1. The number of imidazole rings is 1. The Morgan fingerprint density at radius 2 is 2.00 bits per heavy atom. The van der Waals surface area contributed by atoms with Gasteiger partial charge in [0.25, 0.3) is 0 Å². The molecule has 0 unspecified atom stereocenters. The molecule has 0 fully saturated rings. The number of aromatic nitrogens is 3. The number of benzene rings is 1. The molecule has 0 amide bonds. The van der Waals surface area contributed by atoms with Gasteiger partial charge in [-0.1, -0.05) is 0 Å². The van der Waals surface area contributed by atoms with Gasteiger partial charge < -0.3 is 0 Å². The fourth-order valence-electron chi connectivity index (χ4n) is 2.29. The molecule has 2 aromatic heterocycles. The van der Waals surface area contributed by atoms with Crippen LogP contribution in [-0.4, -0.2) is 20.4 Å². The lowest BCUT2D eigenvalue weighted by atomic mass is 10.2. The summed E-state index contributed by atoms with van der Waals surface area (Å²) in [5, 5.41) is 0. The lowest BCUT2D eigenvalue weighted by Gasteiger charge is -2.08. The molecule has 3 rings (SSSR count). The third-order valence-electron chi connectivity index (χ3n) is 3.30. The van der Waals surface area contributed by atoms with Gasteiger partial charge in [-0.2, -0.15) is 0 Å². The lowest BCUT2D eigenvalue weighted by Crippen LogP contribution is -2.04. The highest BCUT2D eigenvalue weighted by Gasteiger charge is 2.15. The standard InChI is InChI=1S/C15H12ClF2N3/c1-9-5-7-19-15-14(9)20-13(4-6-16)21(15)10-2-3-11(17)12(18)8-10/h2-3,5,7-8H,4,6H2,1H3. The van der Waals surface area contributed by atoms with Gasteiger partial charge in [-0.15, -0.1) is 11.6 Å². The van der Waals surface area contributed by atoms with E-state index in [-0.39, 0.29) is 0 Å². The van der Waals surface area contributed by atoms with E-state index in [0.717, 1.165) is 23.2 Å². The van der Waals surface area contributed by atoms with Gasteiger partial charge in [-0.3, -0.25) is 4.57 Å². The fourth-order valence-corrected chi connectivity index (χ4v) is 2.46. The molecule has 108 valence electrons. The minimum Gasteiger partial charge on any atom is -0.281 e. The van der Waals surface area contributed by atoms with Crippen molar-refractivity contribution in [2.45, 2.75) is 13.3 Å². The van der Waals surface area contributed by atoms with Crippen LogP contribution in [0, 0.1) is 18.6 Å². The molecule has 3 aromatic rings. The van der Waals surface area contributed by atoms with E-state index in [1.54, 1.807) is 10.8 Å². The molecule has 0 bridgehead atoms. The lowest BCUT2D eigenvalue weighted by molar-refractivity contribution is 0.508. The zero-order chi connectivity index (χ0) is 15.0. The molecule has 0 atom stereocenters. The Morgan fingerprint density at radius 1 is 1.19 bits per heavy atom. The summed E-state index contributed by atoms with van der Waals surface area (Å²) in [5.41, 5.74) is 2.80. The number of rotatable bonds is 3. The van der Waals surface area contributed by atoms with Gasteiger partial charge in [0, 0.05) is 24.6 Å². The molecule has 2 heterocycles. The van der Waals surface area contributed by atoms with E-state index < -0.39 is 11.6 Å². The molecule has 0 aliphatic heterocycles. The second-order valence-corrected chi connectivity index (χ2v) is 5.08. The van der Waals surface area contributed by atoms with Crippen LogP contribution in [0.2, 0.25) is 0 Å². The maximum Gasteiger partial charge on any atom is 0.164 e. The minimum absolute atomic E-state index is 0.381. The van der Waals surface area contributed by atoms with Crippen molar-refractivity contribution in [3.63, 3.8) is 0 Å². The molecular formula is C15H12ClF2N3. The van der Waals surface area contributed by atoms with Gasteiger partial charge in [0.1, 0.15) is 11.3 Å². The Morgan fingerprint density at radius 3 is 2.71 bits per heavy atom. The van der Waals surface area contributed by atoms with Gasteiger partial charge in [0.05, 0.1) is 5.69 Å². The van der Waals surface area contributed by atoms with Gasteiger partial charge in [-0.25, -0.2) is 18.7 Å². The van der Waals surface area contributed by atoms with E-state index in [4.69, 9.17) is 11.6 Å². The van der Waals surface area contributed by atoms with Crippen LogP contribution in [0.15, 0.2) is 30.5 Å². The summed E-state index contributed by atoms with van der Waals surface area (Å²) < 4.78 is 28.4. The normalized spacial score (nSPS) is 11.2. The van der Waals surface area contributed by atoms with Gasteiger partial charge in [-0.05, 0) is 30.7 Å². The van der Waals surface area contributed by atoms with Crippen molar-refractivity contribution < 1.29 is 8.78 Å². The van der Waals surface area contributed by atoms with Crippen LogP contribution in [0.1, 0.15) is 11.4 Å². The first-order valence-corrected chi connectivity index (χ1v) is 6.99. The summed E-state index contributed by atoms with van der Waals surface area (Å²) in [6.45, 7) is 1.93. The molecule has 0 spiro atoms. The number of nitrogens with zero attached hydrogens (tertiary/aromatic N) is 3. The Hall–Kier alpha value is -2.01. The topological polar surface area (TPSA) is 30.7 Å². The summed E-state index contributed by atoms with van der Waals surface area (Å²) in [4.78, 5) is 8.84. The highest BCUT2D eigenvalue weighted by molar-refractivity contribution is 6.17. The molecule has 0 saturated heterocycles. The summed E-state index contributed by atoms with van der Waals surface area (Å²) in [5.74, 6) is -0.732. The SMILES string of the molecule is Cc1ccnc2c1nc(CCCl)n2-c1ccc(F)c(F)c1. The predicted octanol–water partition coefficient (Wildman–Crippen LogP) is 3.79. The second-order valence-electron chi connectivity index (χ2n) is 4.70. The molecule has 0 saturated carbocycles. The molecular weight excluding hydrogens is 296 g/mol. The zero-order valence-electron chi connectivity index (χ0n) is 11.3. The third-order valence-corrected chi connectivity index (χ3v) is 3.49. The van der Waals surface area contributed by atoms with Crippen molar-refractivity contribution >= 4 is 22.8 Å². The smallest absolute Gasteiger partial charge is 0.164 e. The molecule has 1 aromatic carbocycles. The monoisotopic (exact) mass is 307 g/mol. The van der Waals surface area contributed by atoms with Crippen LogP contribution in [0.25, 0.3) is 16.9 Å². The van der Waals surface area contributed by atoms with Crippen molar-refractivity contribution in [2.75, 3.05) is 5.88 Å². The molecule has 3 nitrogen and oxygen atoms in total. The molecule has 0 aliphatic rings. The van der Waals surface area contributed by atoms with Crippen LogP contribution < -0.4 is 0 Å². The Labute approximate surface area is 125 Å². The summed E-state index contributed by atoms with van der Waals surface area (Å²) in [7, 11) is 0. The van der Waals surface area contributed by atoms with Crippen molar-refractivity contribution in [1.29, 1.82) is 0 Å². The average Bonchev–Trinajstić information content (AvgIpc) is 2.82.